The van der Waals surface area contributed by atoms with Gasteiger partial charge in [0.1, 0.15) is 5.82 Å². The van der Waals surface area contributed by atoms with Crippen molar-refractivity contribution in [3.63, 3.8) is 0 Å². The maximum Gasteiger partial charge on any atom is 0.339 e. The fourth-order valence-corrected chi connectivity index (χ4v) is 1.65. The maximum absolute atomic E-state index is 13.7. The predicted octanol–water partition coefficient (Wildman–Crippen LogP) is 1.90. The molecule has 1 atom stereocenters. The van der Waals surface area contributed by atoms with E-state index in [9.17, 15) is 14.3 Å². The van der Waals surface area contributed by atoms with Gasteiger partial charge in [0.05, 0.1) is 6.61 Å². The summed E-state index contributed by atoms with van der Waals surface area (Å²) in [4.78, 5) is 14.2. The maximum atomic E-state index is 13.7. The summed E-state index contributed by atoms with van der Waals surface area (Å²) in [5.74, 6) is -1.48. The molecule has 2 rings (SSSR count). The van der Waals surface area contributed by atoms with Crippen molar-refractivity contribution in [3.05, 3.63) is 35.8 Å². The molecule has 0 radical (unpaired) electrons. The van der Waals surface area contributed by atoms with Crippen LogP contribution in [-0.4, -0.2) is 22.7 Å². The number of esters is 1. The van der Waals surface area contributed by atoms with Crippen molar-refractivity contribution in [1.82, 2.24) is 4.98 Å². The number of aromatic nitrogens is 1. The number of aliphatic hydroxyl groups excluding tert-OH is 1. The SMILES string of the molecule is CCOC(=O)C(O)c1cc2[nH]ccc2cc1F. The van der Waals surface area contributed by atoms with Crippen LogP contribution in [0.5, 0.6) is 0 Å². The second-order valence-electron chi connectivity index (χ2n) is 3.59. The molecule has 0 aliphatic carbocycles. The number of rotatable bonds is 3. The number of aliphatic hydroxyl groups is 1. The Labute approximate surface area is 97.0 Å². The Morgan fingerprint density at radius 1 is 1.59 bits per heavy atom. The molecule has 0 amide bonds. The largest absolute Gasteiger partial charge is 0.464 e. The number of carbonyl (C=O) groups is 1. The van der Waals surface area contributed by atoms with Crippen molar-refractivity contribution in [3.8, 4) is 0 Å². The first-order valence-corrected chi connectivity index (χ1v) is 5.24. The second kappa shape index (κ2) is 4.55. The first-order valence-electron chi connectivity index (χ1n) is 5.24. The normalized spacial score (nSPS) is 12.6. The molecule has 2 aromatic rings. The Bertz CT molecular complexity index is 550. The molecular weight excluding hydrogens is 225 g/mol. The number of aromatic amines is 1. The molecule has 4 nitrogen and oxygen atoms in total. The molecule has 0 saturated carbocycles. The first-order chi connectivity index (χ1) is 8.13. The number of halogens is 1. The van der Waals surface area contributed by atoms with E-state index in [1.54, 1.807) is 19.2 Å². The Balaban J connectivity index is 2.39. The number of nitrogens with one attached hydrogen (secondary N) is 1. The smallest absolute Gasteiger partial charge is 0.339 e. The van der Waals surface area contributed by atoms with Gasteiger partial charge in [-0.2, -0.15) is 0 Å². The molecule has 1 aromatic heterocycles. The van der Waals surface area contributed by atoms with E-state index in [2.05, 4.69) is 9.72 Å². The third-order valence-corrected chi connectivity index (χ3v) is 2.48. The molecule has 0 saturated heterocycles. The van der Waals surface area contributed by atoms with E-state index in [0.717, 1.165) is 0 Å². The molecule has 1 unspecified atom stereocenters. The Kier molecular flexibility index (Phi) is 3.10. The fourth-order valence-electron chi connectivity index (χ4n) is 1.65. The van der Waals surface area contributed by atoms with Crippen molar-refractivity contribution in [1.29, 1.82) is 0 Å². The fraction of sp³-hybridized carbons (Fsp3) is 0.250. The van der Waals surface area contributed by atoms with E-state index in [1.165, 1.54) is 12.1 Å². The van der Waals surface area contributed by atoms with Gasteiger partial charge in [0.2, 0.25) is 0 Å². The highest BCUT2D eigenvalue weighted by Crippen LogP contribution is 2.24. The van der Waals surface area contributed by atoms with Crippen LogP contribution in [0.15, 0.2) is 24.4 Å². The molecule has 1 aromatic carbocycles. The molecule has 2 N–H and O–H groups in total. The summed E-state index contributed by atoms with van der Waals surface area (Å²) >= 11 is 0. The lowest BCUT2D eigenvalue weighted by atomic mass is 10.1. The zero-order valence-electron chi connectivity index (χ0n) is 9.24. The Morgan fingerprint density at radius 2 is 2.35 bits per heavy atom. The van der Waals surface area contributed by atoms with Gasteiger partial charge in [-0.05, 0) is 25.1 Å². The summed E-state index contributed by atoms with van der Waals surface area (Å²) in [6, 6.07) is 4.38. The molecule has 90 valence electrons. The van der Waals surface area contributed by atoms with E-state index >= 15 is 0 Å². The number of carbonyl (C=O) groups excluding carboxylic acids is 1. The lowest BCUT2D eigenvalue weighted by molar-refractivity contribution is -0.153. The third kappa shape index (κ3) is 2.14. The van der Waals surface area contributed by atoms with Crippen LogP contribution in [0.25, 0.3) is 10.9 Å². The highest BCUT2D eigenvalue weighted by molar-refractivity contribution is 5.83. The minimum atomic E-state index is -1.59. The van der Waals surface area contributed by atoms with Crippen LogP contribution in [0.1, 0.15) is 18.6 Å². The average molecular weight is 237 g/mol. The number of benzene rings is 1. The highest BCUT2D eigenvalue weighted by atomic mass is 19.1. The van der Waals surface area contributed by atoms with Gasteiger partial charge in [0, 0.05) is 22.7 Å². The zero-order chi connectivity index (χ0) is 12.4. The summed E-state index contributed by atoms with van der Waals surface area (Å²) in [6.45, 7) is 1.76. The quantitative estimate of drug-likeness (QED) is 0.801. The summed E-state index contributed by atoms with van der Waals surface area (Å²) in [6.07, 6.45) is 0.0626. The van der Waals surface area contributed by atoms with Crippen LogP contribution < -0.4 is 0 Å². The monoisotopic (exact) mass is 237 g/mol. The average Bonchev–Trinajstić information content (AvgIpc) is 2.74. The van der Waals surface area contributed by atoms with Gasteiger partial charge in [0.15, 0.2) is 6.10 Å². The van der Waals surface area contributed by atoms with Crippen molar-refractivity contribution in [2.75, 3.05) is 6.61 Å². The van der Waals surface area contributed by atoms with Crippen LogP contribution in [0.3, 0.4) is 0 Å². The lowest BCUT2D eigenvalue weighted by Gasteiger charge is -2.10. The third-order valence-electron chi connectivity index (χ3n) is 2.48. The van der Waals surface area contributed by atoms with Gasteiger partial charge >= 0.3 is 5.97 Å². The minimum absolute atomic E-state index is 0.0848. The topological polar surface area (TPSA) is 62.3 Å². The number of fused-ring (bicyclic) bond motifs is 1. The van der Waals surface area contributed by atoms with E-state index in [-0.39, 0.29) is 12.2 Å². The Hall–Kier alpha value is -1.88. The summed E-state index contributed by atoms with van der Waals surface area (Å²) < 4.78 is 18.3. The number of ether oxygens (including phenoxy) is 1. The van der Waals surface area contributed by atoms with Gasteiger partial charge < -0.3 is 14.8 Å². The molecule has 0 spiro atoms. The van der Waals surface area contributed by atoms with Crippen molar-refractivity contribution < 1.29 is 19.0 Å². The molecule has 5 heteroatoms. The zero-order valence-corrected chi connectivity index (χ0v) is 9.24. The molecular formula is C12H12FNO3. The van der Waals surface area contributed by atoms with Crippen molar-refractivity contribution in [2.45, 2.75) is 13.0 Å². The molecule has 0 fully saturated rings. The Morgan fingerprint density at radius 3 is 3.06 bits per heavy atom. The molecule has 0 aliphatic heterocycles. The van der Waals surface area contributed by atoms with E-state index < -0.39 is 17.9 Å². The lowest BCUT2D eigenvalue weighted by Crippen LogP contribution is -2.16. The number of hydrogen-bond acceptors (Lipinski definition) is 3. The van der Waals surface area contributed by atoms with E-state index in [1.807, 2.05) is 0 Å². The van der Waals surface area contributed by atoms with Gasteiger partial charge in [0.25, 0.3) is 0 Å². The van der Waals surface area contributed by atoms with Crippen LogP contribution in [-0.2, 0) is 9.53 Å². The van der Waals surface area contributed by atoms with Gasteiger partial charge in [-0.1, -0.05) is 0 Å². The standard InChI is InChI=1S/C12H12FNO3/c1-2-17-12(16)11(15)8-6-10-7(3-4-14-10)5-9(8)13/h3-6,11,14-15H,2H2,1H3. The number of H-pyrrole nitrogens is 1. The van der Waals surface area contributed by atoms with E-state index in [4.69, 9.17) is 0 Å². The van der Waals surface area contributed by atoms with Crippen LogP contribution in [0, 0.1) is 5.82 Å². The van der Waals surface area contributed by atoms with Crippen LogP contribution in [0.2, 0.25) is 0 Å². The van der Waals surface area contributed by atoms with Gasteiger partial charge in [-0.15, -0.1) is 0 Å². The minimum Gasteiger partial charge on any atom is -0.464 e. The highest BCUT2D eigenvalue weighted by Gasteiger charge is 2.22. The van der Waals surface area contributed by atoms with Gasteiger partial charge in [-0.25, -0.2) is 9.18 Å². The second-order valence-corrected chi connectivity index (χ2v) is 3.59. The van der Waals surface area contributed by atoms with Gasteiger partial charge in [-0.3, -0.25) is 0 Å². The predicted molar refractivity (Wildman–Crippen MR) is 59.8 cm³/mol. The van der Waals surface area contributed by atoms with Crippen molar-refractivity contribution >= 4 is 16.9 Å². The van der Waals surface area contributed by atoms with Crippen LogP contribution >= 0.6 is 0 Å². The van der Waals surface area contributed by atoms with E-state index in [0.29, 0.717) is 10.9 Å². The molecule has 17 heavy (non-hydrogen) atoms. The summed E-state index contributed by atoms with van der Waals surface area (Å²) in [5, 5.41) is 10.4. The molecule has 1 heterocycles. The molecule has 0 aliphatic rings. The number of hydrogen-bond donors (Lipinski definition) is 2. The summed E-state index contributed by atoms with van der Waals surface area (Å²) in [5.41, 5.74) is 0.572. The molecule has 0 bridgehead atoms. The first kappa shape index (κ1) is 11.6. The van der Waals surface area contributed by atoms with Crippen LogP contribution in [0.4, 0.5) is 4.39 Å². The summed E-state index contributed by atoms with van der Waals surface area (Å²) in [7, 11) is 0. The van der Waals surface area contributed by atoms with Crippen molar-refractivity contribution in [2.24, 2.45) is 0 Å².